The summed E-state index contributed by atoms with van der Waals surface area (Å²) in [5, 5.41) is 11.2. The number of aromatic nitrogens is 6. The molecule has 0 unspecified atom stereocenters. The number of halogens is 1. The second-order valence-corrected chi connectivity index (χ2v) is 8.86. The molecule has 4 aromatic heterocycles. The Morgan fingerprint density at radius 3 is 2.90 bits per heavy atom. The van der Waals surface area contributed by atoms with E-state index in [4.69, 9.17) is 0 Å². The number of alkyl halides is 1. The maximum atomic E-state index is 14.0. The molecule has 5 heterocycles. The van der Waals surface area contributed by atoms with E-state index >= 15 is 0 Å². The van der Waals surface area contributed by atoms with Gasteiger partial charge in [-0.3, -0.25) is 14.4 Å². The van der Waals surface area contributed by atoms with E-state index in [-0.39, 0.29) is 0 Å². The van der Waals surface area contributed by atoms with Crippen molar-refractivity contribution in [1.29, 1.82) is 0 Å². The summed E-state index contributed by atoms with van der Waals surface area (Å²) in [4.78, 5) is 11.5. The topological polar surface area (TPSA) is 87.0 Å². The van der Waals surface area contributed by atoms with Crippen molar-refractivity contribution < 1.29 is 4.39 Å². The number of hydrogen-bond acceptors (Lipinski definition) is 7. The standard InChI is InChI=1S/C20H23FN8S/c1-13-11-29-16(14-8-23-24-9-14)10-22-19(29)18(25-13)26-17-7-15(27-30-17)12-28-5-3-20(2,21)4-6-28/h7-11H,3-6,12H2,1-2H3,(H,23,24)(H,25,26). The first-order valence-electron chi connectivity index (χ1n) is 9.95. The van der Waals surface area contributed by atoms with Crippen LogP contribution in [0.2, 0.25) is 0 Å². The minimum Gasteiger partial charge on any atom is -0.328 e. The quantitative estimate of drug-likeness (QED) is 0.502. The molecule has 10 heteroatoms. The molecule has 2 N–H and O–H groups in total. The maximum absolute atomic E-state index is 14.0. The fourth-order valence-corrected chi connectivity index (χ4v) is 4.42. The Morgan fingerprint density at radius 1 is 1.30 bits per heavy atom. The number of hydrogen-bond donors (Lipinski definition) is 2. The second-order valence-electron chi connectivity index (χ2n) is 8.05. The Hall–Kier alpha value is -2.85. The van der Waals surface area contributed by atoms with Crippen molar-refractivity contribution in [3.63, 3.8) is 0 Å². The molecule has 1 fully saturated rings. The molecule has 0 saturated carbocycles. The highest BCUT2D eigenvalue weighted by Crippen LogP contribution is 2.29. The highest BCUT2D eigenvalue weighted by molar-refractivity contribution is 7.10. The third-order valence-electron chi connectivity index (χ3n) is 5.49. The number of likely N-dealkylation sites (tertiary alicyclic amines) is 1. The number of aryl methyl sites for hydroxylation is 1. The van der Waals surface area contributed by atoms with Gasteiger partial charge in [0.25, 0.3) is 0 Å². The summed E-state index contributed by atoms with van der Waals surface area (Å²) in [6, 6.07) is 2.04. The molecular weight excluding hydrogens is 403 g/mol. The molecule has 0 spiro atoms. The monoisotopic (exact) mass is 426 g/mol. The fraction of sp³-hybridized carbons (Fsp3) is 0.400. The zero-order valence-corrected chi connectivity index (χ0v) is 17.7. The van der Waals surface area contributed by atoms with Crippen LogP contribution in [0.3, 0.4) is 0 Å². The van der Waals surface area contributed by atoms with Gasteiger partial charge in [0.15, 0.2) is 11.5 Å². The number of piperidine rings is 1. The second kappa shape index (κ2) is 7.44. The van der Waals surface area contributed by atoms with Crippen molar-refractivity contribution in [3.05, 3.63) is 42.2 Å². The van der Waals surface area contributed by atoms with Gasteiger partial charge in [-0.2, -0.15) is 9.47 Å². The molecule has 5 rings (SSSR count). The molecule has 1 saturated heterocycles. The lowest BCUT2D eigenvalue weighted by molar-refractivity contribution is 0.0700. The first-order chi connectivity index (χ1) is 14.5. The van der Waals surface area contributed by atoms with E-state index in [0.29, 0.717) is 18.7 Å². The zero-order chi connectivity index (χ0) is 20.7. The molecule has 0 aliphatic carbocycles. The SMILES string of the molecule is Cc1cn2c(-c3cn[nH]c3)cnc2c(Nc2cc(CN3CCC(C)(F)CC3)ns2)n1. The van der Waals surface area contributed by atoms with Gasteiger partial charge in [0.05, 0.1) is 29.5 Å². The third-order valence-corrected chi connectivity index (χ3v) is 6.23. The van der Waals surface area contributed by atoms with Gasteiger partial charge in [-0.05, 0) is 44.3 Å². The van der Waals surface area contributed by atoms with Crippen LogP contribution in [-0.2, 0) is 6.54 Å². The van der Waals surface area contributed by atoms with Crippen LogP contribution in [0.4, 0.5) is 15.2 Å². The van der Waals surface area contributed by atoms with Gasteiger partial charge in [-0.15, -0.1) is 0 Å². The summed E-state index contributed by atoms with van der Waals surface area (Å²) in [5.41, 5.74) is 3.47. The molecule has 0 radical (unpaired) electrons. The Bertz CT molecular complexity index is 1150. The molecule has 0 bridgehead atoms. The first kappa shape index (κ1) is 19.1. The summed E-state index contributed by atoms with van der Waals surface area (Å²) in [7, 11) is 0. The number of imidazole rings is 1. The number of rotatable bonds is 5. The van der Waals surface area contributed by atoms with Crippen molar-refractivity contribution in [2.24, 2.45) is 0 Å². The Labute approximate surface area is 177 Å². The summed E-state index contributed by atoms with van der Waals surface area (Å²) in [6.45, 7) is 5.91. The first-order valence-corrected chi connectivity index (χ1v) is 10.7. The van der Waals surface area contributed by atoms with Crippen LogP contribution in [0.25, 0.3) is 16.9 Å². The minimum atomic E-state index is -1.03. The van der Waals surface area contributed by atoms with Crippen LogP contribution >= 0.6 is 11.5 Å². The molecule has 4 aromatic rings. The predicted octanol–water partition coefficient (Wildman–Crippen LogP) is 3.95. The fourth-order valence-electron chi connectivity index (χ4n) is 3.77. The maximum Gasteiger partial charge on any atom is 0.180 e. The molecule has 1 aliphatic rings. The van der Waals surface area contributed by atoms with Gasteiger partial charge in [0.1, 0.15) is 10.7 Å². The number of nitrogens with zero attached hydrogens (tertiary/aromatic N) is 6. The molecule has 30 heavy (non-hydrogen) atoms. The summed E-state index contributed by atoms with van der Waals surface area (Å²) >= 11 is 1.40. The lowest BCUT2D eigenvalue weighted by Gasteiger charge is -2.33. The largest absolute Gasteiger partial charge is 0.328 e. The van der Waals surface area contributed by atoms with Gasteiger partial charge in [-0.25, -0.2) is 14.4 Å². The molecule has 0 atom stereocenters. The van der Waals surface area contributed by atoms with Crippen molar-refractivity contribution in [2.75, 3.05) is 18.4 Å². The Balaban J connectivity index is 1.35. The van der Waals surface area contributed by atoms with Gasteiger partial charge in [-0.1, -0.05) is 0 Å². The van der Waals surface area contributed by atoms with E-state index in [1.165, 1.54) is 11.5 Å². The highest BCUT2D eigenvalue weighted by Gasteiger charge is 2.29. The van der Waals surface area contributed by atoms with Crippen LogP contribution in [0.1, 0.15) is 31.2 Å². The van der Waals surface area contributed by atoms with E-state index in [1.807, 2.05) is 36.0 Å². The zero-order valence-electron chi connectivity index (χ0n) is 16.9. The van der Waals surface area contributed by atoms with E-state index < -0.39 is 5.67 Å². The number of aromatic amines is 1. The van der Waals surface area contributed by atoms with Crippen LogP contribution in [-0.4, -0.2) is 52.6 Å². The minimum absolute atomic E-state index is 0.576. The Morgan fingerprint density at radius 2 is 2.13 bits per heavy atom. The van der Waals surface area contributed by atoms with Crippen LogP contribution in [0.15, 0.2) is 30.9 Å². The van der Waals surface area contributed by atoms with Crippen molar-refractivity contribution in [3.8, 4) is 11.3 Å². The van der Waals surface area contributed by atoms with Crippen molar-refractivity contribution >= 4 is 28.0 Å². The van der Waals surface area contributed by atoms with Crippen LogP contribution in [0.5, 0.6) is 0 Å². The average Bonchev–Trinajstić information content (AvgIpc) is 3.44. The summed E-state index contributed by atoms with van der Waals surface area (Å²) in [5.74, 6) is 0.686. The van der Waals surface area contributed by atoms with Crippen molar-refractivity contribution in [2.45, 2.75) is 38.9 Å². The van der Waals surface area contributed by atoms with Gasteiger partial charge in [0.2, 0.25) is 0 Å². The van der Waals surface area contributed by atoms with Gasteiger partial charge >= 0.3 is 0 Å². The molecule has 0 aromatic carbocycles. The van der Waals surface area contributed by atoms with E-state index in [1.54, 1.807) is 13.1 Å². The summed E-state index contributed by atoms with van der Waals surface area (Å²) in [6.07, 6.45) is 8.54. The van der Waals surface area contributed by atoms with Crippen molar-refractivity contribution in [1.82, 2.24) is 33.8 Å². The van der Waals surface area contributed by atoms with Crippen LogP contribution < -0.4 is 5.32 Å². The molecule has 0 amide bonds. The molecular formula is C20H23FN8S. The number of H-pyrrole nitrogens is 1. The number of nitrogens with one attached hydrogen (secondary N) is 2. The number of fused-ring (bicyclic) bond motifs is 1. The van der Waals surface area contributed by atoms with E-state index in [9.17, 15) is 4.39 Å². The lowest BCUT2D eigenvalue weighted by atomic mass is 9.96. The summed E-state index contributed by atoms with van der Waals surface area (Å²) < 4.78 is 20.6. The third kappa shape index (κ3) is 3.80. The smallest absolute Gasteiger partial charge is 0.180 e. The van der Waals surface area contributed by atoms with E-state index in [0.717, 1.165) is 52.9 Å². The average molecular weight is 427 g/mol. The van der Waals surface area contributed by atoms with Gasteiger partial charge < -0.3 is 5.32 Å². The normalized spacial score (nSPS) is 16.9. The number of anilines is 2. The molecule has 1 aliphatic heterocycles. The predicted molar refractivity (Wildman–Crippen MR) is 115 cm³/mol. The Kier molecular flexibility index (Phi) is 4.75. The molecule has 8 nitrogen and oxygen atoms in total. The lowest BCUT2D eigenvalue weighted by Crippen LogP contribution is -2.39. The molecule has 156 valence electrons. The highest BCUT2D eigenvalue weighted by atomic mass is 32.1. The van der Waals surface area contributed by atoms with Gasteiger partial charge in [0, 0.05) is 37.6 Å². The van der Waals surface area contributed by atoms with Crippen LogP contribution in [0, 0.1) is 6.92 Å². The van der Waals surface area contributed by atoms with E-state index in [2.05, 4.69) is 34.8 Å².